The minimum atomic E-state index is -0.602. The first-order valence-corrected chi connectivity index (χ1v) is 9.95. The molecule has 0 spiro atoms. The summed E-state index contributed by atoms with van der Waals surface area (Å²) >= 11 is 11.8. The number of non-ortho nitro benzene ring substituents is 1. The molecule has 8 nitrogen and oxygen atoms in total. The molecule has 0 saturated heterocycles. The Hall–Kier alpha value is -3.62. The van der Waals surface area contributed by atoms with E-state index in [-0.39, 0.29) is 24.5 Å². The van der Waals surface area contributed by atoms with Gasteiger partial charge in [0.2, 0.25) is 0 Å². The zero-order valence-electron chi connectivity index (χ0n) is 16.4. The lowest BCUT2D eigenvalue weighted by molar-refractivity contribution is -0.384. The molecule has 0 radical (unpaired) electrons. The van der Waals surface area contributed by atoms with Gasteiger partial charge in [-0.1, -0.05) is 35.3 Å². The molecule has 10 heteroatoms. The summed E-state index contributed by atoms with van der Waals surface area (Å²) in [6.45, 7) is -0.377. The second-order valence-electron chi connectivity index (χ2n) is 6.49. The third kappa shape index (κ3) is 6.44. The van der Waals surface area contributed by atoms with Crippen LogP contribution in [0.25, 0.3) is 0 Å². The van der Waals surface area contributed by atoms with Crippen LogP contribution in [-0.2, 0) is 16.1 Å². The number of hydrogen-bond acceptors (Lipinski definition) is 6. The number of anilines is 1. The van der Waals surface area contributed by atoms with E-state index in [1.165, 1.54) is 48.5 Å². The van der Waals surface area contributed by atoms with Gasteiger partial charge in [0.25, 0.3) is 11.6 Å². The largest absolute Gasteiger partial charge is 0.482 e. The summed E-state index contributed by atoms with van der Waals surface area (Å²) in [4.78, 5) is 34.6. The van der Waals surface area contributed by atoms with Crippen LogP contribution in [0.3, 0.4) is 0 Å². The lowest BCUT2D eigenvalue weighted by atomic mass is 10.2. The van der Waals surface area contributed by atoms with Gasteiger partial charge < -0.3 is 14.8 Å². The summed E-state index contributed by atoms with van der Waals surface area (Å²) in [6.07, 6.45) is 0. The first kappa shape index (κ1) is 23.1. The van der Waals surface area contributed by atoms with Crippen molar-refractivity contribution in [1.29, 1.82) is 0 Å². The topological polar surface area (TPSA) is 108 Å². The number of benzene rings is 3. The lowest BCUT2D eigenvalue weighted by Gasteiger charge is -2.09. The molecule has 0 aromatic heterocycles. The fourth-order valence-electron chi connectivity index (χ4n) is 2.61. The predicted molar refractivity (Wildman–Crippen MR) is 119 cm³/mol. The van der Waals surface area contributed by atoms with E-state index in [4.69, 9.17) is 32.7 Å². The van der Waals surface area contributed by atoms with Crippen molar-refractivity contribution < 1.29 is 24.0 Å². The summed E-state index contributed by atoms with van der Waals surface area (Å²) in [6, 6.07) is 16.6. The molecule has 0 aliphatic carbocycles. The molecule has 0 bridgehead atoms. The van der Waals surface area contributed by atoms with Crippen LogP contribution in [-0.4, -0.2) is 23.4 Å². The zero-order chi connectivity index (χ0) is 23.1. The molecule has 0 saturated carbocycles. The van der Waals surface area contributed by atoms with Crippen molar-refractivity contribution in [1.82, 2.24) is 0 Å². The van der Waals surface area contributed by atoms with Gasteiger partial charge >= 0.3 is 5.97 Å². The minimum Gasteiger partial charge on any atom is -0.482 e. The van der Waals surface area contributed by atoms with Crippen LogP contribution in [0, 0.1) is 10.1 Å². The van der Waals surface area contributed by atoms with E-state index >= 15 is 0 Å². The van der Waals surface area contributed by atoms with Gasteiger partial charge in [-0.3, -0.25) is 14.9 Å². The van der Waals surface area contributed by atoms with Crippen LogP contribution in [0.2, 0.25) is 10.0 Å². The van der Waals surface area contributed by atoms with Crippen molar-refractivity contribution in [3.8, 4) is 5.75 Å². The normalized spacial score (nSPS) is 10.3. The third-order valence-electron chi connectivity index (χ3n) is 4.15. The highest BCUT2D eigenvalue weighted by Crippen LogP contribution is 2.27. The van der Waals surface area contributed by atoms with Gasteiger partial charge in [0, 0.05) is 22.8 Å². The first-order valence-electron chi connectivity index (χ1n) is 9.20. The highest BCUT2D eigenvalue weighted by Gasteiger charge is 2.11. The van der Waals surface area contributed by atoms with E-state index in [1.807, 2.05) is 0 Å². The smallest absolute Gasteiger partial charge is 0.338 e. The fraction of sp³-hybridized carbons (Fsp3) is 0.0909. The van der Waals surface area contributed by atoms with Crippen LogP contribution in [0.1, 0.15) is 15.9 Å². The number of hydrogen-bond donors (Lipinski definition) is 1. The molecule has 0 heterocycles. The Bertz CT molecular complexity index is 1150. The maximum Gasteiger partial charge on any atom is 0.338 e. The molecule has 164 valence electrons. The number of carbonyl (C=O) groups is 2. The quantitative estimate of drug-likeness (QED) is 0.270. The number of amides is 1. The Balaban J connectivity index is 1.50. The average Bonchev–Trinajstić information content (AvgIpc) is 2.77. The zero-order valence-corrected chi connectivity index (χ0v) is 17.9. The number of nitrogens with zero attached hydrogens (tertiary/aromatic N) is 1. The summed E-state index contributed by atoms with van der Waals surface area (Å²) in [5.74, 6) is -0.694. The predicted octanol–water partition coefficient (Wildman–Crippen LogP) is 5.28. The number of rotatable bonds is 8. The second-order valence-corrected chi connectivity index (χ2v) is 7.34. The van der Waals surface area contributed by atoms with Gasteiger partial charge in [-0.25, -0.2) is 4.79 Å². The summed E-state index contributed by atoms with van der Waals surface area (Å²) in [5.41, 5.74) is 1.13. The Morgan fingerprint density at radius 3 is 2.44 bits per heavy atom. The molecule has 0 aliphatic rings. The van der Waals surface area contributed by atoms with Crippen LogP contribution >= 0.6 is 23.2 Å². The summed E-state index contributed by atoms with van der Waals surface area (Å²) < 4.78 is 10.6. The number of nitro benzene ring substituents is 1. The first-order chi connectivity index (χ1) is 15.3. The monoisotopic (exact) mass is 474 g/mol. The Kier molecular flexibility index (Phi) is 7.64. The van der Waals surface area contributed by atoms with Crippen molar-refractivity contribution in [2.75, 3.05) is 11.9 Å². The molecule has 0 fully saturated rings. The molecule has 0 unspecified atom stereocenters. The second kappa shape index (κ2) is 10.6. The molecule has 3 aromatic rings. The molecule has 1 amide bonds. The SMILES string of the molecule is O=C(COc1ccc(Cl)cc1Cl)Nc1ccc(C(=O)OCc2cccc([N+](=O)[O-])c2)cc1. The molecule has 32 heavy (non-hydrogen) atoms. The van der Waals surface area contributed by atoms with Crippen molar-refractivity contribution in [2.24, 2.45) is 0 Å². The van der Waals surface area contributed by atoms with Crippen molar-refractivity contribution in [3.05, 3.63) is 98.0 Å². The molecule has 0 atom stereocenters. The molecule has 3 aromatic carbocycles. The third-order valence-corrected chi connectivity index (χ3v) is 4.68. The Labute approximate surface area is 192 Å². The highest BCUT2D eigenvalue weighted by molar-refractivity contribution is 6.35. The number of nitro groups is 1. The van der Waals surface area contributed by atoms with Gasteiger partial charge in [0.1, 0.15) is 12.4 Å². The van der Waals surface area contributed by atoms with Gasteiger partial charge in [-0.2, -0.15) is 0 Å². The standard InChI is InChI=1S/C22H16Cl2N2O6/c23-16-6-9-20(19(24)11-16)31-13-21(27)25-17-7-4-15(5-8-17)22(28)32-12-14-2-1-3-18(10-14)26(29)30/h1-11H,12-13H2,(H,25,27). The van der Waals surface area contributed by atoms with E-state index in [0.717, 1.165) is 0 Å². The number of nitrogens with one attached hydrogen (secondary N) is 1. The van der Waals surface area contributed by atoms with Crippen molar-refractivity contribution in [3.63, 3.8) is 0 Å². The van der Waals surface area contributed by atoms with Crippen molar-refractivity contribution in [2.45, 2.75) is 6.61 Å². The van der Waals surface area contributed by atoms with E-state index in [2.05, 4.69) is 5.32 Å². The number of halogens is 2. The Morgan fingerprint density at radius 2 is 1.75 bits per heavy atom. The molecule has 3 rings (SSSR count). The Morgan fingerprint density at radius 1 is 1.00 bits per heavy atom. The summed E-state index contributed by atoms with van der Waals surface area (Å²) in [5, 5.41) is 14.2. The molecule has 1 N–H and O–H groups in total. The maximum atomic E-state index is 12.2. The molecular weight excluding hydrogens is 459 g/mol. The van der Waals surface area contributed by atoms with E-state index in [0.29, 0.717) is 27.0 Å². The van der Waals surface area contributed by atoms with Gasteiger partial charge in [0.15, 0.2) is 6.61 Å². The number of carbonyl (C=O) groups excluding carboxylic acids is 2. The number of esters is 1. The minimum absolute atomic E-state index is 0.0824. The van der Waals surface area contributed by atoms with E-state index in [9.17, 15) is 19.7 Å². The van der Waals surface area contributed by atoms with Crippen LogP contribution in [0.4, 0.5) is 11.4 Å². The van der Waals surface area contributed by atoms with Crippen LogP contribution in [0.5, 0.6) is 5.75 Å². The van der Waals surface area contributed by atoms with Gasteiger partial charge in [-0.15, -0.1) is 0 Å². The van der Waals surface area contributed by atoms with E-state index in [1.54, 1.807) is 18.2 Å². The lowest BCUT2D eigenvalue weighted by Crippen LogP contribution is -2.20. The molecular formula is C22H16Cl2N2O6. The molecule has 0 aliphatic heterocycles. The van der Waals surface area contributed by atoms with Gasteiger partial charge in [0.05, 0.1) is 15.5 Å². The average molecular weight is 475 g/mol. The summed E-state index contributed by atoms with van der Waals surface area (Å²) in [7, 11) is 0. The van der Waals surface area contributed by atoms with Crippen molar-refractivity contribution >= 4 is 46.5 Å². The fourth-order valence-corrected chi connectivity index (χ4v) is 3.08. The van der Waals surface area contributed by atoms with E-state index < -0.39 is 16.8 Å². The number of ether oxygens (including phenoxy) is 2. The maximum absolute atomic E-state index is 12.2. The highest BCUT2D eigenvalue weighted by atomic mass is 35.5. The van der Waals surface area contributed by atoms with Gasteiger partial charge in [-0.05, 0) is 48.0 Å². The van der Waals surface area contributed by atoms with Crippen LogP contribution < -0.4 is 10.1 Å². The van der Waals surface area contributed by atoms with Crippen LogP contribution in [0.15, 0.2) is 66.7 Å².